The fourth-order valence-corrected chi connectivity index (χ4v) is 12.6. The van der Waals surface area contributed by atoms with E-state index in [2.05, 4.69) is 350 Å². The van der Waals surface area contributed by atoms with Gasteiger partial charge in [0.2, 0.25) is 0 Å². The maximum absolute atomic E-state index is 2.37. The van der Waals surface area contributed by atoms with Gasteiger partial charge >= 0.3 is 0 Å². The van der Waals surface area contributed by atoms with Crippen LogP contribution in [-0.4, -0.2) is 0 Å². The van der Waals surface area contributed by atoms with Gasteiger partial charge in [-0.2, -0.15) is 0 Å². The Bertz CT molecular complexity index is 4590. The molecule has 15 aromatic rings. The molecule has 0 amide bonds. The SMILES string of the molecule is c1ccc(-c2c3ccccc3c(-c3ccc(N(c4ccccc4)c4ccc(N(c5ccc(-c6ccc(-c7cccc8ccccc78)cc6)cc5)c5ccc(-c6ccc(-c7cccc8ccccc78)cc6)cc5)cc4)cc3)c3ccccc23)cc1. The molecule has 0 unspecified atom stereocenters. The van der Waals surface area contributed by atoms with E-state index in [1.54, 1.807) is 0 Å². The first-order chi connectivity index (χ1) is 41.7. The van der Waals surface area contributed by atoms with Crippen molar-refractivity contribution in [1.29, 1.82) is 0 Å². The van der Waals surface area contributed by atoms with Crippen LogP contribution in [0.25, 0.3) is 110 Å². The van der Waals surface area contributed by atoms with Gasteiger partial charge in [-0.25, -0.2) is 0 Å². The van der Waals surface area contributed by atoms with Crippen molar-refractivity contribution in [3.05, 3.63) is 340 Å². The molecule has 0 N–H and O–H groups in total. The van der Waals surface area contributed by atoms with Gasteiger partial charge in [0.1, 0.15) is 0 Å². The molecule has 15 rings (SSSR count). The highest BCUT2D eigenvalue weighted by Gasteiger charge is 2.20. The summed E-state index contributed by atoms with van der Waals surface area (Å²) in [4.78, 5) is 4.72. The number of rotatable bonds is 12. The molecule has 394 valence electrons. The molecule has 0 radical (unpaired) electrons. The van der Waals surface area contributed by atoms with Crippen LogP contribution in [0.3, 0.4) is 0 Å². The summed E-state index contributed by atoms with van der Waals surface area (Å²) in [6, 6.07) is 124. The second-order valence-electron chi connectivity index (χ2n) is 21.6. The van der Waals surface area contributed by atoms with Crippen molar-refractivity contribution >= 4 is 77.2 Å². The van der Waals surface area contributed by atoms with E-state index in [0.717, 1.165) is 45.3 Å². The topological polar surface area (TPSA) is 6.48 Å². The molecule has 2 heteroatoms. The summed E-state index contributed by atoms with van der Waals surface area (Å²) >= 11 is 0. The first-order valence-corrected chi connectivity index (χ1v) is 28.9. The minimum atomic E-state index is 1.05. The second-order valence-corrected chi connectivity index (χ2v) is 21.6. The molecule has 0 fully saturated rings. The van der Waals surface area contributed by atoms with Crippen LogP contribution in [0.5, 0.6) is 0 Å². The van der Waals surface area contributed by atoms with E-state index in [0.29, 0.717) is 0 Å². The van der Waals surface area contributed by atoms with Gasteiger partial charge < -0.3 is 9.80 Å². The Morgan fingerprint density at radius 2 is 0.381 bits per heavy atom. The van der Waals surface area contributed by atoms with E-state index in [9.17, 15) is 0 Å². The van der Waals surface area contributed by atoms with Crippen molar-refractivity contribution in [2.45, 2.75) is 0 Å². The normalized spacial score (nSPS) is 11.3. The zero-order chi connectivity index (χ0) is 55.8. The van der Waals surface area contributed by atoms with Crippen molar-refractivity contribution < 1.29 is 0 Å². The molecule has 0 aromatic heterocycles. The maximum atomic E-state index is 2.37. The Balaban J connectivity index is 0.777. The van der Waals surface area contributed by atoms with E-state index in [1.807, 2.05) is 0 Å². The summed E-state index contributed by atoms with van der Waals surface area (Å²) < 4.78 is 0. The monoisotopic (exact) mass is 1070 g/mol. The Kier molecular flexibility index (Phi) is 12.9. The van der Waals surface area contributed by atoms with Crippen LogP contribution in [0.15, 0.2) is 340 Å². The van der Waals surface area contributed by atoms with Gasteiger partial charge in [0.25, 0.3) is 0 Å². The first kappa shape index (κ1) is 49.9. The first-order valence-electron chi connectivity index (χ1n) is 28.9. The van der Waals surface area contributed by atoms with Gasteiger partial charge in [0.05, 0.1) is 0 Å². The quantitative estimate of drug-likeness (QED) is 0.113. The summed E-state index contributed by atoms with van der Waals surface area (Å²) in [5, 5.41) is 10.0. The third-order valence-electron chi connectivity index (χ3n) is 16.7. The van der Waals surface area contributed by atoms with E-state index in [4.69, 9.17) is 0 Å². The lowest BCUT2D eigenvalue weighted by Gasteiger charge is -2.28. The molecule has 0 spiro atoms. The summed E-state index contributed by atoms with van der Waals surface area (Å²) in [6.45, 7) is 0. The largest absolute Gasteiger partial charge is 0.311 e. The molecule has 84 heavy (non-hydrogen) atoms. The standard InChI is InChI=1S/C82H56N2/c1-3-19-65(20-4-1)81-77-27-11-13-29-79(77)82(80-30-14-12-28-78(80)81)66-45-51-70(52-46-66)83(67-23-5-2-6-24-67)71-53-55-72(56-54-71)84(68-47-41-59(42-48-68)57-33-37-63(38-34-57)75-31-15-21-61-17-7-9-25-73(61)75)69-49-43-60(44-50-69)58-35-39-64(40-36-58)76-32-16-22-62-18-8-10-26-74(62)76/h1-56H. The highest BCUT2D eigenvalue weighted by Crippen LogP contribution is 2.46. The average Bonchev–Trinajstić information content (AvgIpc) is 2.85. The van der Waals surface area contributed by atoms with E-state index in [1.165, 1.54) is 98.7 Å². The van der Waals surface area contributed by atoms with E-state index >= 15 is 0 Å². The third-order valence-corrected chi connectivity index (χ3v) is 16.7. The van der Waals surface area contributed by atoms with E-state index in [-0.39, 0.29) is 0 Å². The van der Waals surface area contributed by atoms with Gasteiger partial charge in [0.15, 0.2) is 0 Å². The predicted octanol–water partition coefficient (Wildman–Crippen LogP) is 23.2. The van der Waals surface area contributed by atoms with E-state index < -0.39 is 0 Å². The zero-order valence-electron chi connectivity index (χ0n) is 46.2. The van der Waals surface area contributed by atoms with Crippen molar-refractivity contribution in [2.75, 3.05) is 9.80 Å². The highest BCUT2D eigenvalue weighted by molar-refractivity contribution is 6.21. The Morgan fingerprint density at radius 3 is 0.750 bits per heavy atom. The molecule has 0 saturated heterocycles. The lowest BCUT2D eigenvalue weighted by molar-refractivity contribution is 1.26. The minimum absolute atomic E-state index is 1.05. The molecule has 0 atom stereocenters. The van der Waals surface area contributed by atoms with Gasteiger partial charge in [-0.05, 0) is 183 Å². The summed E-state index contributed by atoms with van der Waals surface area (Å²) in [7, 11) is 0. The molecular weight excluding hydrogens is 1010 g/mol. The lowest BCUT2D eigenvalue weighted by Crippen LogP contribution is -2.12. The third kappa shape index (κ3) is 9.32. The number of hydrogen-bond acceptors (Lipinski definition) is 2. The minimum Gasteiger partial charge on any atom is -0.311 e. The number of anilines is 6. The lowest BCUT2D eigenvalue weighted by atomic mass is 9.86. The van der Waals surface area contributed by atoms with Gasteiger partial charge in [0, 0.05) is 34.1 Å². The number of fused-ring (bicyclic) bond motifs is 4. The predicted molar refractivity (Wildman–Crippen MR) is 358 cm³/mol. The van der Waals surface area contributed by atoms with Crippen LogP contribution >= 0.6 is 0 Å². The molecule has 2 nitrogen and oxygen atoms in total. The highest BCUT2D eigenvalue weighted by atomic mass is 15.2. The maximum Gasteiger partial charge on any atom is 0.0463 e. The molecular formula is C82H56N2. The molecule has 0 bridgehead atoms. The fraction of sp³-hybridized carbons (Fsp3) is 0. The number of para-hydroxylation sites is 1. The van der Waals surface area contributed by atoms with Crippen molar-refractivity contribution in [2.24, 2.45) is 0 Å². The molecule has 0 saturated carbocycles. The Hall–Kier alpha value is -11.1. The Labute approximate surface area is 490 Å². The molecule has 0 aliphatic carbocycles. The van der Waals surface area contributed by atoms with Crippen molar-refractivity contribution in [3.8, 4) is 66.8 Å². The smallest absolute Gasteiger partial charge is 0.0463 e. The second kappa shape index (κ2) is 21.8. The average molecular weight is 1070 g/mol. The number of nitrogens with zero attached hydrogens (tertiary/aromatic N) is 2. The van der Waals surface area contributed by atoms with Gasteiger partial charge in [-0.3, -0.25) is 0 Å². The van der Waals surface area contributed by atoms with Crippen LogP contribution in [0.2, 0.25) is 0 Å². The molecule has 15 aromatic carbocycles. The molecule has 0 aliphatic rings. The molecule has 0 aliphatic heterocycles. The summed E-state index contributed by atoms with van der Waals surface area (Å²) in [6.07, 6.45) is 0. The van der Waals surface area contributed by atoms with Crippen molar-refractivity contribution in [3.63, 3.8) is 0 Å². The van der Waals surface area contributed by atoms with Gasteiger partial charge in [-0.15, -0.1) is 0 Å². The van der Waals surface area contributed by atoms with Crippen LogP contribution in [0.1, 0.15) is 0 Å². The molecule has 0 heterocycles. The van der Waals surface area contributed by atoms with Crippen LogP contribution < -0.4 is 9.80 Å². The number of benzene rings is 15. The van der Waals surface area contributed by atoms with Crippen LogP contribution in [-0.2, 0) is 0 Å². The fourth-order valence-electron chi connectivity index (χ4n) is 12.6. The zero-order valence-corrected chi connectivity index (χ0v) is 46.2. The summed E-state index contributed by atoms with van der Waals surface area (Å²) in [5.41, 5.74) is 20.9. The summed E-state index contributed by atoms with van der Waals surface area (Å²) in [5.74, 6) is 0. The van der Waals surface area contributed by atoms with Crippen molar-refractivity contribution in [1.82, 2.24) is 0 Å². The van der Waals surface area contributed by atoms with Crippen LogP contribution in [0, 0.1) is 0 Å². The Morgan fingerprint density at radius 1 is 0.143 bits per heavy atom. The van der Waals surface area contributed by atoms with Gasteiger partial charge in [-0.1, -0.05) is 267 Å². The van der Waals surface area contributed by atoms with Crippen LogP contribution in [0.4, 0.5) is 34.1 Å². The number of hydrogen-bond donors (Lipinski definition) is 0.